The van der Waals surface area contributed by atoms with Gasteiger partial charge in [-0.3, -0.25) is 4.72 Å². The molecule has 1 aromatic heterocycles. The van der Waals surface area contributed by atoms with Gasteiger partial charge in [0.25, 0.3) is 10.0 Å². The average molecular weight is 397 g/mol. The fourth-order valence-corrected chi connectivity index (χ4v) is 4.78. The van der Waals surface area contributed by atoms with Gasteiger partial charge in [-0.15, -0.1) is 11.3 Å². The van der Waals surface area contributed by atoms with Crippen LogP contribution in [0.3, 0.4) is 0 Å². The molecule has 0 radical (unpaired) electrons. The molecular weight excluding hydrogens is 383 g/mol. The van der Waals surface area contributed by atoms with Gasteiger partial charge >= 0.3 is 0 Å². The maximum absolute atomic E-state index is 13.4. The fourth-order valence-electron chi connectivity index (χ4n) is 2.31. The topological polar surface area (TPSA) is 59.1 Å². The Morgan fingerprint density at radius 1 is 1.20 bits per heavy atom. The zero-order valence-electron chi connectivity index (χ0n) is 13.4. The average Bonchev–Trinajstić information content (AvgIpc) is 3.00. The van der Waals surface area contributed by atoms with Crippen molar-refractivity contribution >= 4 is 38.1 Å². The minimum atomic E-state index is -3.80. The smallest absolute Gasteiger partial charge is 0.255 e. The van der Waals surface area contributed by atoms with E-state index in [9.17, 15) is 12.8 Å². The van der Waals surface area contributed by atoms with Crippen LogP contribution in [0.2, 0.25) is 5.02 Å². The second-order valence-corrected chi connectivity index (χ2v) is 8.39. The lowest BCUT2D eigenvalue weighted by Crippen LogP contribution is -2.14. The van der Waals surface area contributed by atoms with Gasteiger partial charge in [0, 0.05) is 16.0 Å². The molecule has 0 saturated carbocycles. The molecule has 3 aromatic rings. The van der Waals surface area contributed by atoms with E-state index in [1.807, 2.05) is 0 Å². The lowest BCUT2D eigenvalue weighted by molar-refractivity contribution is 0.600. The summed E-state index contributed by atoms with van der Waals surface area (Å²) in [4.78, 5) is 4.39. The van der Waals surface area contributed by atoms with Crippen LogP contribution in [0.1, 0.15) is 11.1 Å². The summed E-state index contributed by atoms with van der Waals surface area (Å²) in [6.07, 6.45) is 0. The number of anilines is 1. The molecule has 4 nitrogen and oxygen atoms in total. The summed E-state index contributed by atoms with van der Waals surface area (Å²) in [5.41, 5.74) is 2.28. The molecular formula is C17H14ClFN2O2S2. The number of benzene rings is 2. The quantitative estimate of drug-likeness (QED) is 0.673. The van der Waals surface area contributed by atoms with E-state index in [1.54, 1.807) is 43.5 Å². The van der Waals surface area contributed by atoms with E-state index in [4.69, 9.17) is 11.6 Å². The second kappa shape index (κ2) is 6.74. The molecule has 2 aromatic carbocycles. The largest absolute Gasteiger partial charge is 0.263 e. The molecule has 0 fully saturated rings. The van der Waals surface area contributed by atoms with Crippen LogP contribution in [0.5, 0.6) is 0 Å². The standard InChI is InChI=1S/C17H14ClFN2O2S2/c1-10-8-12(6-7-14(10)19)15-9-24-17(20-15)21-25(22,23)16-5-3-4-13(18)11(16)2/h3-9H,1-2H3,(H,20,21). The summed E-state index contributed by atoms with van der Waals surface area (Å²) in [6.45, 7) is 3.31. The van der Waals surface area contributed by atoms with Gasteiger partial charge in [0.2, 0.25) is 0 Å². The molecule has 130 valence electrons. The summed E-state index contributed by atoms with van der Waals surface area (Å²) in [7, 11) is -3.80. The first kappa shape index (κ1) is 17.8. The van der Waals surface area contributed by atoms with Crippen LogP contribution in [-0.2, 0) is 10.0 Å². The van der Waals surface area contributed by atoms with Crippen LogP contribution in [-0.4, -0.2) is 13.4 Å². The molecule has 0 aliphatic carbocycles. The van der Waals surface area contributed by atoms with E-state index in [0.717, 1.165) is 16.9 Å². The van der Waals surface area contributed by atoms with Gasteiger partial charge in [0.15, 0.2) is 5.13 Å². The van der Waals surface area contributed by atoms with E-state index in [1.165, 1.54) is 12.1 Å². The first-order chi connectivity index (χ1) is 11.8. The van der Waals surface area contributed by atoms with Gasteiger partial charge in [0.1, 0.15) is 5.82 Å². The lowest BCUT2D eigenvalue weighted by atomic mass is 10.1. The summed E-state index contributed by atoms with van der Waals surface area (Å²) < 4.78 is 41.0. The number of hydrogen-bond donors (Lipinski definition) is 1. The van der Waals surface area contributed by atoms with Crippen molar-refractivity contribution in [1.82, 2.24) is 4.98 Å². The van der Waals surface area contributed by atoms with Gasteiger partial charge in [-0.2, -0.15) is 0 Å². The summed E-state index contributed by atoms with van der Waals surface area (Å²) >= 11 is 7.16. The van der Waals surface area contributed by atoms with Crippen LogP contribution < -0.4 is 4.72 Å². The third kappa shape index (κ3) is 3.68. The molecule has 0 spiro atoms. The molecule has 0 aliphatic heterocycles. The Labute approximate surface area is 154 Å². The SMILES string of the molecule is Cc1cc(-c2csc(NS(=O)(=O)c3cccc(Cl)c3C)n2)ccc1F. The molecule has 0 aliphatic rings. The van der Waals surface area contributed by atoms with Crippen molar-refractivity contribution in [3.63, 3.8) is 0 Å². The molecule has 1 N–H and O–H groups in total. The van der Waals surface area contributed by atoms with E-state index >= 15 is 0 Å². The van der Waals surface area contributed by atoms with Crippen LogP contribution in [0, 0.1) is 19.7 Å². The van der Waals surface area contributed by atoms with E-state index < -0.39 is 10.0 Å². The number of halogens is 2. The Hall–Kier alpha value is -1.96. The predicted octanol–water partition coefficient (Wildman–Crippen LogP) is 5.02. The second-order valence-electron chi connectivity index (χ2n) is 5.47. The molecule has 0 unspecified atom stereocenters. The van der Waals surface area contributed by atoms with Crippen molar-refractivity contribution in [2.45, 2.75) is 18.7 Å². The number of hydrogen-bond acceptors (Lipinski definition) is 4. The molecule has 0 amide bonds. The zero-order chi connectivity index (χ0) is 18.2. The Morgan fingerprint density at radius 2 is 1.96 bits per heavy atom. The van der Waals surface area contributed by atoms with Crippen molar-refractivity contribution in [1.29, 1.82) is 0 Å². The number of nitrogens with one attached hydrogen (secondary N) is 1. The monoisotopic (exact) mass is 396 g/mol. The summed E-state index contributed by atoms with van der Waals surface area (Å²) in [6, 6.07) is 9.35. The minimum absolute atomic E-state index is 0.106. The molecule has 8 heteroatoms. The molecule has 1 heterocycles. The van der Waals surface area contributed by atoms with E-state index in [-0.39, 0.29) is 15.8 Å². The van der Waals surface area contributed by atoms with Crippen LogP contribution in [0.4, 0.5) is 9.52 Å². The Kier molecular flexibility index (Phi) is 4.81. The van der Waals surface area contributed by atoms with Crippen LogP contribution in [0.15, 0.2) is 46.7 Å². The van der Waals surface area contributed by atoms with Crippen LogP contribution in [0.25, 0.3) is 11.3 Å². The number of aryl methyl sites for hydroxylation is 1. The van der Waals surface area contributed by atoms with Crippen molar-refractivity contribution in [2.75, 3.05) is 4.72 Å². The van der Waals surface area contributed by atoms with Crippen molar-refractivity contribution in [3.05, 3.63) is 63.7 Å². The molecule has 25 heavy (non-hydrogen) atoms. The third-order valence-corrected chi connectivity index (χ3v) is 6.47. The van der Waals surface area contributed by atoms with Crippen molar-refractivity contribution < 1.29 is 12.8 Å². The number of aromatic nitrogens is 1. The van der Waals surface area contributed by atoms with E-state index in [0.29, 0.717) is 21.8 Å². The normalized spacial score (nSPS) is 11.5. The first-order valence-electron chi connectivity index (χ1n) is 7.28. The van der Waals surface area contributed by atoms with Crippen LogP contribution >= 0.6 is 22.9 Å². The Balaban J connectivity index is 1.90. The highest BCUT2D eigenvalue weighted by atomic mass is 35.5. The Bertz CT molecular complexity index is 1050. The first-order valence-corrected chi connectivity index (χ1v) is 10.0. The molecule has 0 saturated heterocycles. The molecule has 0 atom stereocenters. The predicted molar refractivity (Wildman–Crippen MR) is 99.2 cm³/mol. The van der Waals surface area contributed by atoms with Gasteiger partial charge in [-0.1, -0.05) is 17.7 Å². The van der Waals surface area contributed by atoms with E-state index in [2.05, 4.69) is 9.71 Å². The van der Waals surface area contributed by atoms with Crippen molar-refractivity contribution in [3.8, 4) is 11.3 Å². The maximum Gasteiger partial charge on any atom is 0.263 e. The van der Waals surface area contributed by atoms with Gasteiger partial charge in [-0.25, -0.2) is 17.8 Å². The zero-order valence-corrected chi connectivity index (χ0v) is 15.8. The number of sulfonamides is 1. The van der Waals surface area contributed by atoms with Gasteiger partial charge in [-0.05, 0) is 55.3 Å². The molecule has 3 rings (SSSR count). The highest BCUT2D eigenvalue weighted by Crippen LogP contribution is 2.29. The van der Waals surface area contributed by atoms with Gasteiger partial charge in [0.05, 0.1) is 10.6 Å². The summed E-state index contributed by atoms with van der Waals surface area (Å²) in [5.74, 6) is -0.295. The minimum Gasteiger partial charge on any atom is -0.255 e. The Morgan fingerprint density at radius 3 is 2.68 bits per heavy atom. The lowest BCUT2D eigenvalue weighted by Gasteiger charge is -2.09. The highest BCUT2D eigenvalue weighted by Gasteiger charge is 2.20. The van der Waals surface area contributed by atoms with Crippen molar-refractivity contribution in [2.24, 2.45) is 0 Å². The number of nitrogens with zero attached hydrogens (tertiary/aromatic N) is 1. The number of thiazole rings is 1. The number of rotatable bonds is 4. The van der Waals surface area contributed by atoms with Gasteiger partial charge < -0.3 is 0 Å². The fraction of sp³-hybridized carbons (Fsp3) is 0.118. The third-order valence-electron chi connectivity index (χ3n) is 3.69. The summed E-state index contributed by atoms with van der Waals surface area (Å²) in [5, 5.41) is 2.33. The highest BCUT2D eigenvalue weighted by molar-refractivity contribution is 7.93. The molecule has 0 bridgehead atoms. The maximum atomic E-state index is 13.4.